The number of ether oxygens (including phenoxy) is 2. The highest BCUT2D eigenvalue weighted by Gasteiger charge is 2.43. The molecule has 200 valence electrons. The van der Waals surface area contributed by atoms with Crippen molar-refractivity contribution in [2.75, 3.05) is 39.4 Å². The summed E-state index contributed by atoms with van der Waals surface area (Å²) >= 11 is 0. The Morgan fingerprint density at radius 1 is 0.895 bits per heavy atom. The Balaban J connectivity index is 1.19. The molecule has 3 aliphatic rings. The van der Waals surface area contributed by atoms with Crippen molar-refractivity contribution < 1.29 is 42.2 Å². The topological polar surface area (TPSA) is 151 Å². The number of sulfonamides is 1. The fourth-order valence-electron chi connectivity index (χ4n) is 4.78. The predicted octanol–water partition coefficient (Wildman–Crippen LogP) is 0.820. The van der Waals surface area contributed by atoms with Crippen molar-refractivity contribution in [1.82, 2.24) is 14.1 Å². The summed E-state index contributed by atoms with van der Waals surface area (Å²) in [5.74, 6) is -2.35. The number of rotatable bonds is 7. The molecule has 5 rings (SSSR count). The van der Waals surface area contributed by atoms with E-state index in [1.54, 1.807) is 18.2 Å². The van der Waals surface area contributed by atoms with Gasteiger partial charge in [-0.2, -0.15) is 4.31 Å². The number of hydrogen-bond acceptors (Lipinski definition) is 8. The van der Waals surface area contributed by atoms with Crippen LogP contribution in [0, 0.1) is 0 Å². The maximum atomic E-state index is 13.1. The number of benzene rings is 2. The monoisotopic (exact) mass is 543 g/mol. The van der Waals surface area contributed by atoms with Gasteiger partial charge in [-0.15, -0.1) is 0 Å². The molecule has 1 fully saturated rings. The van der Waals surface area contributed by atoms with Crippen LogP contribution >= 0.6 is 0 Å². The van der Waals surface area contributed by atoms with Crippen molar-refractivity contribution in [3.8, 4) is 11.5 Å². The molecule has 0 unspecified atom stereocenters. The minimum atomic E-state index is -3.83. The molecule has 0 bridgehead atoms. The van der Waals surface area contributed by atoms with Gasteiger partial charge in [0.1, 0.15) is 19.3 Å². The number of carboxylic acids is 1. The number of amides is 3. The number of carbonyl (C=O) groups is 4. The highest BCUT2D eigenvalue weighted by molar-refractivity contribution is 7.89. The van der Waals surface area contributed by atoms with Crippen LogP contribution in [0.1, 0.15) is 33.6 Å². The number of carbonyl (C=O) groups excluding carboxylic acids is 3. The summed E-state index contributed by atoms with van der Waals surface area (Å²) in [5, 5.41) is 9.72. The van der Waals surface area contributed by atoms with Gasteiger partial charge in [0.05, 0.1) is 16.0 Å². The van der Waals surface area contributed by atoms with Crippen molar-refractivity contribution in [2.45, 2.75) is 23.8 Å². The van der Waals surface area contributed by atoms with Crippen LogP contribution in [-0.2, 0) is 19.6 Å². The molecule has 2 aromatic carbocycles. The van der Waals surface area contributed by atoms with E-state index in [-0.39, 0.29) is 61.0 Å². The van der Waals surface area contributed by atoms with Crippen LogP contribution in [0.2, 0.25) is 0 Å². The quantitative estimate of drug-likeness (QED) is 0.501. The fraction of sp³-hybridized carbons (Fsp3) is 0.360. The zero-order valence-corrected chi connectivity index (χ0v) is 21.1. The van der Waals surface area contributed by atoms with Gasteiger partial charge in [-0.3, -0.25) is 19.3 Å². The Labute approximate surface area is 218 Å². The Bertz CT molecular complexity index is 1380. The Hall–Kier alpha value is -3.97. The lowest BCUT2D eigenvalue weighted by atomic mass is 10.1. The van der Waals surface area contributed by atoms with E-state index in [1.807, 2.05) is 0 Å². The molecule has 0 saturated carbocycles. The summed E-state index contributed by atoms with van der Waals surface area (Å²) in [6, 6.07) is 9.01. The molecular formula is C25H25N3O9S. The molecule has 2 aromatic rings. The lowest BCUT2D eigenvalue weighted by Gasteiger charge is -2.34. The van der Waals surface area contributed by atoms with Crippen LogP contribution in [0.4, 0.5) is 0 Å². The smallest absolute Gasteiger partial charge is 0.326 e. The van der Waals surface area contributed by atoms with Crippen molar-refractivity contribution in [3.63, 3.8) is 0 Å². The van der Waals surface area contributed by atoms with Gasteiger partial charge in [0.15, 0.2) is 11.5 Å². The van der Waals surface area contributed by atoms with E-state index in [0.29, 0.717) is 29.6 Å². The summed E-state index contributed by atoms with van der Waals surface area (Å²) in [4.78, 5) is 52.4. The van der Waals surface area contributed by atoms with Crippen molar-refractivity contribution >= 4 is 33.7 Å². The summed E-state index contributed by atoms with van der Waals surface area (Å²) in [6.07, 6.45) is -0.478. The number of hydrogen-bond donors (Lipinski definition) is 1. The standard InChI is InChI=1S/C25H25N3O9S/c29-22(8-6-19(25(32)33)28-23(30)17-3-1-2-4-18(17)24(28)31)26-9-11-27(12-10-26)38(34,35)16-5-7-20-21(15-16)37-14-13-36-20/h1-5,7,15,19H,6,8-14H2,(H,32,33)/t19-/m0/s1. The normalized spacial score (nSPS) is 18.3. The minimum absolute atomic E-state index is 0.0588. The van der Waals surface area contributed by atoms with E-state index >= 15 is 0 Å². The molecule has 12 nitrogen and oxygen atoms in total. The van der Waals surface area contributed by atoms with E-state index < -0.39 is 33.8 Å². The summed E-state index contributed by atoms with van der Waals surface area (Å²) in [7, 11) is -3.83. The molecule has 38 heavy (non-hydrogen) atoms. The van der Waals surface area contributed by atoms with Crippen LogP contribution in [0.25, 0.3) is 0 Å². The van der Waals surface area contributed by atoms with Crippen molar-refractivity contribution in [3.05, 3.63) is 53.6 Å². The summed E-state index contributed by atoms with van der Waals surface area (Å²) < 4.78 is 38.5. The van der Waals surface area contributed by atoms with Gasteiger partial charge in [0, 0.05) is 38.7 Å². The molecule has 3 amide bonds. The Morgan fingerprint density at radius 2 is 1.50 bits per heavy atom. The minimum Gasteiger partial charge on any atom is -0.486 e. The number of piperazine rings is 1. The lowest BCUT2D eigenvalue weighted by molar-refractivity contribution is -0.142. The number of imide groups is 1. The van der Waals surface area contributed by atoms with Crippen LogP contribution in [0.3, 0.4) is 0 Å². The summed E-state index contributed by atoms with van der Waals surface area (Å²) in [5.41, 5.74) is 0.260. The van der Waals surface area contributed by atoms with Gasteiger partial charge < -0.3 is 19.5 Å². The van der Waals surface area contributed by atoms with Gasteiger partial charge in [-0.25, -0.2) is 13.2 Å². The maximum Gasteiger partial charge on any atom is 0.326 e. The van der Waals surface area contributed by atoms with Gasteiger partial charge in [-0.05, 0) is 30.7 Å². The number of aliphatic carboxylic acids is 1. The SMILES string of the molecule is O=C(O)[C@H](CCC(=O)N1CCN(S(=O)(=O)c2ccc3c(c2)OCCO3)CC1)N1C(=O)c2ccccc2C1=O. The first-order valence-corrected chi connectivity index (χ1v) is 13.5. The largest absolute Gasteiger partial charge is 0.486 e. The first-order chi connectivity index (χ1) is 18.2. The average molecular weight is 544 g/mol. The third kappa shape index (κ3) is 4.58. The third-order valence-electron chi connectivity index (χ3n) is 6.80. The van der Waals surface area contributed by atoms with Gasteiger partial charge in [-0.1, -0.05) is 12.1 Å². The molecule has 0 aromatic heterocycles. The first kappa shape index (κ1) is 25.7. The molecule has 0 radical (unpaired) electrons. The average Bonchev–Trinajstić information content (AvgIpc) is 3.18. The van der Waals surface area contributed by atoms with Crippen molar-refractivity contribution in [2.24, 2.45) is 0 Å². The van der Waals surface area contributed by atoms with Gasteiger partial charge in [0.2, 0.25) is 15.9 Å². The van der Waals surface area contributed by atoms with E-state index in [0.717, 1.165) is 0 Å². The fourth-order valence-corrected chi connectivity index (χ4v) is 6.22. The highest BCUT2D eigenvalue weighted by atomic mass is 32.2. The van der Waals surface area contributed by atoms with Gasteiger partial charge in [0.25, 0.3) is 11.8 Å². The molecular weight excluding hydrogens is 518 g/mol. The molecule has 1 atom stereocenters. The second-order valence-electron chi connectivity index (χ2n) is 9.01. The molecule has 13 heteroatoms. The number of fused-ring (bicyclic) bond motifs is 2. The zero-order valence-electron chi connectivity index (χ0n) is 20.2. The molecule has 3 aliphatic heterocycles. The number of nitrogens with zero attached hydrogens (tertiary/aromatic N) is 3. The van der Waals surface area contributed by atoms with E-state index in [1.165, 1.54) is 33.5 Å². The highest BCUT2D eigenvalue weighted by Crippen LogP contribution is 2.33. The van der Waals surface area contributed by atoms with Gasteiger partial charge >= 0.3 is 5.97 Å². The van der Waals surface area contributed by atoms with E-state index in [4.69, 9.17) is 9.47 Å². The molecule has 1 N–H and O–H groups in total. The summed E-state index contributed by atoms with van der Waals surface area (Å²) in [6.45, 7) is 1.07. The number of carboxylic acid groups (broad SMARTS) is 1. The first-order valence-electron chi connectivity index (χ1n) is 12.1. The Kier molecular flexibility index (Phi) is 6.80. The zero-order chi connectivity index (χ0) is 27.0. The third-order valence-corrected chi connectivity index (χ3v) is 8.69. The van der Waals surface area contributed by atoms with Crippen LogP contribution in [0.5, 0.6) is 11.5 Å². The van der Waals surface area contributed by atoms with E-state index in [9.17, 15) is 32.7 Å². The molecule has 0 spiro atoms. The second-order valence-corrected chi connectivity index (χ2v) is 10.9. The molecule has 3 heterocycles. The second kappa shape index (κ2) is 10.1. The van der Waals surface area contributed by atoms with Crippen LogP contribution in [0.15, 0.2) is 47.4 Å². The predicted molar refractivity (Wildman–Crippen MR) is 130 cm³/mol. The van der Waals surface area contributed by atoms with Crippen LogP contribution < -0.4 is 9.47 Å². The van der Waals surface area contributed by atoms with Crippen LogP contribution in [-0.4, -0.2) is 96.8 Å². The lowest BCUT2D eigenvalue weighted by Crippen LogP contribution is -2.51. The van der Waals surface area contributed by atoms with E-state index in [2.05, 4.69) is 0 Å². The Morgan fingerprint density at radius 3 is 2.11 bits per heavy atom. The maximum absolute atomic E-state index is 13.1. The molecule has 0 aliphatic carbocycles. The molecule has 1 saturated heterocycles. The van der Waals surface area contributed by atoms with Crippen molar-refractivity contribution in [1.29, 1.82) is 0 Å².